The molecule has 0 unspecified atom stereocenters. The van der Waals surface area contributed by atoms with Crippen LogP contribution in [0.2, 0.25) is 0 Å². The molecular weight excluding hydrogens is 629 g/mol. The Morgan fingerprint density at radius 3 is 2.16 bits per heavy atom. The Balaban J connectivity index is 1.33. The first kappa shape index (κ1) is 19.8. The maximum atomic E-state index is 9.50. The number of aromatic nitrogens is 4. The molecule has 11 aromatic rings. The standard InChI is InChI=1S/C45H26N4O2/c1-2-12-27(13-3-1)28-14-10-15-29(26-28)43-46-44(34-20-11-19-31-30-16-5-8-22-37(30)51-42(31)34)48-45(47-43)49-35-21-7-4-17-32(35)40-36(49)24-25-39-41(40)33-18-6-9-23-38(33)50-39/h1-26H/i4D,6D,7D,9D,17D,18D,21D,23D,24D,25D. The molecule has 0 fully saturated rings. The highest BCUT2D eigenvalue weighted by molar-refractivity contribution is 6.27. The molecule has 0 N–H and O–H groups in total. The maximum absolute atomic E-state index is 9.50. The van der Waals surface area contributed by atoms with E-state index in [1.165, 1.54) is 4.57 Å². The number of hydrogen-bond acceptors (Lipinski definition) is 5. The monoisotopic (exact) mass is 664 g/mol. The zero-order valence-corrected chi connectivity index (χ0v) is 26.3. The van der Waals surface area contributed by atoms with Gasteiger partial charge >= 0.3 is 0 Å². The van der Waals surface area contributed by atoms with Gasteiger partial charge in [-0.1, -0.05) is 115 Å². The molecule has 11 rings (SSSR count). The van der Waals surface area contributed by atoms with Crippen LogP contribution in [0.25, 0.3) is 106 Å². The van der Waals surface area contributed by atoms with Gasteiger partial charge in [-0.2, -0.15) is 9.97 Å². The van der Waals surface area contributed by atoms with Crippen LogP contribution < -0.4 is 0 Å². The minimum Gasteiger partial charge on any atom is -0.456 e. The fourth-order valence-corrected chi connectivity index (χ4v) is 6.93. The van der Waals surface area contributed by atoms with Crippen LogP contribution in [0, 0.1) is 0 Å². The fraction of sp³-hybridized carbons (Fsp3) is 0. The lowest BCUT2D eigenvalue weighted by atomic mass is 10.0. The summed E-state index contributed by atoms with van der Waals surface area (Å²) >= 11 is 0. The number of hydrogen-bond donors (Lipinski definition) is 0. The second kappa shape index (κ2) is 10.7. The van der Waals surface area contributed by atoms with Crippen LogP contribution in [0.5, 0.6) is 0 Å². The SMILES string of the molecule is [2H]c1c([2H])c([2H])c2c(oc3c([2H])c([2H])c4c(c5c([2H])c([2H])c([2H])c([2H])c5n4-c4nc(-c5cccc(-c6ccccc6)c5)nc(-c5cccc6c5oc5ccccc56)n4)c32)c1[2H]. The molecule has 6 heteroatoms. The third kappa shape index (κ3) is 4.20. The topological polar surface area (TPSA) is 69.9 Å². The summed E-state index contributed by atoms with van der Waals surface area (Å²) < 4.78 is 103. The second-order valence-corrected chi connectivity index (χ2v) is 12.1. The summed E-state index contributed by atoms with van der Waals surface area (Å²) in [6.45, 7) is 0. The molecule has 0 aliphatic heterocycles. The lowest BCUT2D eigenvalue weighted by Crippen LogP contribution is -2.06. The zero-order valence-electron chi connectivity index (χ0n) is 36.3. The van der Waals surface area contributed by atoms with Crippen molar-refractivity contribution in [2.24, 2.45) is 0 Å². The lowest BCUT2D eigenvalue weighted by Gasteiger charge is -2.12. The number of fused-ring (bicyclic) bond motifs is 10. The highest BCUT2D eigenvalue weighted by Gasteiger charge is 2.22. The minimum atomic E-state index is -0.577. The van der Waals surface area contributed by atoms with Gasteiger partial charge in [-0.05, 0) is 53.5 Å². The summed E-state index contributed by atoms with van der Waals surface area (Å²) in [5, 5.41) is 1.50. The summed E-state index contributed by atoms with van der Waals surface area (Å²) in [5.41, 5.74) is 3.30. The van der Waals surface area contributed by atoms with Gasteiger partial charge in [0, 0.05) is 37.9 Å². The van der Waals surface area contributed by atoms with E-state index in [1.54, 1.807) is 6.07 Å². The molecule has 0 saturated carbocycles. The van der Waals surface area contributed by atoms with E-state index in [-0.39, 0.29) is 61.3 Å². The second-order valence-electron chi connectivity index (χ2n) is 12.1. The molecular formula is C45H26N4O2. The number of nitrogens with zero attached hydrogens (tertiary/aromatic N) is 4. The molecule has 238 valence electrons. The quantitative estimate of drug-likeness (QED) is 0.187. The van der Waals surface area contributed by atoms with Gasteiger partial charge in [0.1, 0.15) is 22.3 Å². The Morgan fingerprint density at radius 2 is 1.22 bits per heavy atom. The van der Waals surface area contributed by atoms with E-state index in [2.05, 4.69) is 0 Å². The first-order chi connectivity index (χ1) is 29.4. The summed E-state index contributed by atoms with van der Waals surface area (Å²) in [5.74, 6) is 0.181. The highest BCUT2D eigenvalue weighted by atomic mass is 16.3. The van der Waals surface area contributed by atoms with Crippen LogP contribution in [0.1, 0.15) is 13.7 Å². The van der Waals surface area contributed by atoms with Crippen LogP contribution in [0.4, 0.5) is 0 Å². The Labute approximate surface area is 304 Å². The van der Waals surface area contributed by atoms with E-state index in [9.17, 15) is 5.48 Å². The molecule has 0 saturated heterocycles. The van der Waals surface area contributed by atoms with Crippen molar-refractivity contribution in [3.8, 4) is 39.9 Å². The van der Waals surface area contributed by atoms with Gasteiger partial charge in [-0.3, -0.25) is 4.57 Å². The van der Waals surface area contributed by atoms with Gasteiger partial charge in [-0.15, -0.1) is 0 Å². The van der Waals surface area contributed by atoms with E-state index < -0.39 is 60.4 Å². The molecule has 0 spiro atoms. The van der Waals surface area contributed by atoms with Gasteiger partial charge < -0.3 is 8.83 Å². The summed E-state index contributed by atoms with van der Waals surface area (Å²) in [6, 6.07) is 25.3. The van der Waals surface area contributed by atoms with Crippen molar-refractivity contribution in [2.45, 2.75) is 0 Å². The Morgan fingerprint density at radius 1 is 0.471 bits per heavy atom. The van der Waals surface area contributed by atoms with Crippen molar-refractivity contribution in [1.29, 1.82) is 0 Å². The molecule has 0 amide bonds. The molecule has 0 atom stereocenters. The van der Waals surface area contributed by atoms with E-state index >= 15 is 0 Å². The lowest BCUT2D eigenvalue weighted by molar-refractivity contribution is 0.669. The van der Waals surface area contributed by atoms with Crippen LogP contribution in [0.15, 0.2) is 166 Å². The maximum Gasteiger partial charge on any atom is 0.238 e. The Hall–Kier alpha value is -7.05. The van der Waals surface area contributed by atoms with Gasteiger partial charge in [0.2, 0.25) is 5.95 Å². The Bertz CT molecular complexity index is 3730. The number of benzene rings is 7. The molecule has 0 aliphatic carbocycles. The van der Waals surface area contributed by atoms with Crippen LogP contribution in [0.3, 0.4) is 0 Å². The van der Waals surface area contributed by atoms with Crippen molar-refractivity contribution in [3.05, 3.63) is 157 Å². The average Bonchev–Trinajstić information content (AvgIpc) is 3.99. The normalized spacial score (nSPS) is 14.7. The van der Waals surface area contributed by atoms with Crippen LogP contribution >= 0.6 is 0 Å². The molecule has 4 heterocycles. The van der Waals surface area contributed by atoms with E-state index in [0.717, 1.165) is 21.9 Å². The highest BCUT2D eigenvalue weighted by Crippen LogP contribution is 2.41. The summed E-state index contributed by atoms with van der Waals surface area (Å²) in [4.78, 5) is 15.0. The van der Waals surface area contributed by atoms with E-state index in [1.807, 2.05) is 91.0 Å². The van der Waals surface area contributed by atoms with Gasteiger partial charge in [0.15, 0.2) is 11.6 Å². The molecule has 0 radical (unpaired) electrons. The van der Waals surface area contributed by atoms with Crippen LogP contribution in [-0.2, 0) is 0 Å². The largest absolute Gasteiger partial charge is 0.456 e. The summed E-state index contributed by atoms with van der Waals surface area (Å²) in [6.07, 6.45) is 0. The van der Waals surface area contributed by atoms with Crippen molar-refractivity contribution in [1.82, 2.24) is 19.5 Å². The van der Waals surface area contributed by atoms with E-state index in [4.69, 9.17) is 32.0 Å². The fourth-order valence-electron chi connectivity index (χ4n) is 6.93. The minimum absolute atomic E-state index is 0.00996. The van der Waals surface area contributed by atoms with Crippen molar-refractivity contribution in [2.75, 3.05) is 0 Å². The molecule has 6 nitrogen and oxygen atoms in total. The van der Waals surface area contributed by atoms with Gasteiger partial charge in [0.25, 0.3) is 0 Å². The Kier molecular flexibility index (Phi) is 4.17. The molecule has 51 heavy (non-hydrogen) atoms. The first-order valence-electron chi connectivity index (χ1n) is 21.1. The molecule has 0 aliphatic rings. The third-order valence-electron chi connectivity index (χ3n) is 9.18. The molecule has 4 aromatic heterocycles. The predicted molar refractivity (Wildman–Crippen MR) is 205 cm³/mol. The average molecular weight is 665 g/mol. The van der Waals surface area contributed by atoms with E-state index in [0.29, 0.717) is 22.3 Å². The summed E-state index contributed by atoms with van der Waals surface area (Å²) in [7, 11) is 0. The van der Waals surface area contributed by atoms with Gasteiger partial charge in [-0.25, -0.2) is 4.98 Å². The molecule has 7 aromatic carbocycles. The number of furan rings is 2. The van der Waals surface area contributed by atoms with Crippen LogP contribution in [-0.4, -0.2) is 19.5 Å². The third-order valence-corrected chi connectivity index (χ3v) is 9.18. The van der Waals surface area contributed by atoms with Crippen molar-refractivity contribution >= 4 is 65.7 Å². The number of para-hydroxylation sites is 4. The first-order valence-corrected chi connectivity index (χ1v) is 16.1. The van der Waals surface area contributed by atoms with Gasteiger partial charge in [0.05, 0.1) is 30.3 Å². The zero-order chi connectivity index (χ0) is 42.2. The smallest absolute Gasteiger partial charge is 0.238 e. The number of rotatable bonds is 4. The predicted octanol–water partition coefficient (Wildman–Crippen LogP) is 11.8. The van der Waals surface area contributed by atoms with Crippen molar-refractivity contribution in [3.63, 3.8) is 0 Å². The molecule has 0 bridgehead atoms. The van der Waals surface area contributed by atoms with Crippen molar-refractivity contribution < 1.29 is 22.5 Å².